The lowest BCUT2D eigenvalue weighted by atomic mass is 9.88. The van der Waals surface area contributed by atoms with Crippen LogP contribution in [0.1, 0.15) is 69.8 Å². The summed E-state index contributed by atoms with van der Waals surface area (Å²) < 4.78 is 31.2. The Bertz CT molecular complexity index is 1340. The summed E-state index contributed by atoms with van der Waals surface area (Å²) in [7, 11) is 5.04. The molecule has 1 atom stereocenters. The Morgan fingerprint density at radius 3 is 1.93 bits per heavy atom. The van der Waals surface area contributed by atoms with E-state index in [0.717, 1.165) is 47.8 Å². The number of ether oxygens (including phenoxy) is 4. The van der Waals surface area contributed by atoms with Crippen LogP contribution in [0.25, 0.3) is 0 Å². The van der Waals surface area contributed by atoms with Crippen molar-refractivity contribution in [1.82, 2.24) is 4.90 Å². The molecule has 0 saturated heterocycles. The summed E-state index contributed by atoms with van der Waals surface area (Å²) in [5.41, 5.74) is 6.10. The van der Waals surface area contributed by atoms with Gasteiger partial charge in [-0.15, -0.1) is 0 Å². The number of rotatable bonds is 13. The SMILES string of the molecule is COc1cc2c(cc1OC)[C@@H](Cc1cc(OCc3ccccc3)c(OC)c(O[Si](C(C)C)(C(C)C)C(C)C)c1)N(C)CC2. The molecule has 1 heterocycles. The van der Waals surface area contributed by atoms with E-state index in [-0.39, 0.29) is 6.04 Å². The maximum absolute atomic E-state index is 7.28. The van der Waals surface area contributed by atoms with E-state index in [0.29, 0.717) is 34.7 Å². The number of fused-ring (bicyclic) bond motifs is 1. The summed E-state index contributed by atoms with van der Waals surface area (Å²) in [5, 5.41) is 0. The largest absolute Gasteiger partial charge is 0.540 e. The minimum absolute atomic E-state index is 0.161. The molecule has 4 rings (SSSR count). The zero-order chi connectivity index (χ0) is 31.3. The standard InChI is InChI=1S/C36H51NO5Si/c1-24(2)43(25(3)4,26(5)6)42-35-20-28(19-34(36(35)40-10)41-23-27-14-12-11-13-15-27)18-31-30-22-33(39-9)32(38-8)21-29(30)16-17-37(31)7/h11-15,19-22,24-26,31H,16-18,23H2,1-10H3/t31-/m1/s1. The first-order valence-corrected chi connectivity index (χ1v) is 17.7. The Kier molecular flexibility index (Phi) is 10.7. The highest BCUT2D eigenvalue weighted by Crippen LogP contribution is 2.48. The third-order valence-corrected chi connectivity index (χ3v) is 15.2. The van der Waals surface area contributed by atoms with Gasteiger partial charge in [0, 0.05) is 12.6 Å². The van der Waals surface area contributed by atoms with Crippen molar-refractivity contribution >= 4 is 8.32 Å². The van der Waals surface area contributed by atoms with Gasteiger partial charge in [0.15, 0.2) is 23.0 Å². The maximum atomic E-state index is 7.28. The van der Waals surface area contributed by atoms with E-state index in [4.69, 9.17) is 23.4 Å². The smallest absolute Gasteiger partial charge is 0.258 e. The molecule has 0 saturated carbocycles. The molecule has 0 aromatic heterocycles. The van der Waals surface area contributed by atoms with Gasteiger partial charge in [0.2, 0.25) is 5.75 Å². The second-order valence-corrected chi connectivity index (χ2v) is 18.1. The number of likely N-dealkylation sites (N-methyl/N-ethyl adjacent to an activating group) is 1. The molecule has 1 aliphatic heterocycles. The van der Waals surface area contributed by atoms with Gasteiger partial charge in [-0.2, -0.15) is 0 Å². The van der Waals surface area contributed by atoms with Crippen molar-refractivity contribution in [2.24, 2.45) is 0 Å². The van der Waals surface area contributed by atoms with Crippen molar-refractivity contribution in [1.29, 1.82) is 0 Å². The summed E-state index contributed by atoms with van der Waals surface area (Å²) >= 11 is 0. The van der Waals surface area contributed by atoms with Crippen LogP contribution in [0.2, 0.25) is 16.6 Å². The number of methoxy groups -OCH3 is 3. The lowest BCUT2D eigenvalue weighted by Gasteiger charge is -2.42. The molecule has 0 bridgehead atoms. The Morgan fingerprint density at radius 2 is 1.35 bits per heavy atom. The van der Waals surface area contributed by atoms with Gasteiger partial charge in [0.25, 0.3) is 8.32 Å². The molecular weight excluding hydrogens is 554 g/mol. The van der Waals surface area contributed by atoms with Gasteiger partial charge in [0.05, 0.1) is 21.3 Å². The zero-order valence-electron chi connectivity index (χ0n) is 27.8. The van der Waals surface area contributed by atoms with Gasteiger partial charge >= 0.3 is 0 Å². The maximum Gasteiger partial charge on any atom is 0.258 e. The van der Waals surface area contributed by atoms with Gasteiger partial charge in [-0.25, -0.2) is 0 Å². The number of nitrogens with zero attached hydrogens (tertiary/aromatic N) is 1. The first kappa shape index (κ1) is 32.7. The fourth-order valence-electron chi connectivity index (χ4n) is 7.05. The van der Waals surface area contributed by atoms with Gasteiger partial charge in [0.1, 0.15) is 6.61 Å². The fourth-order valence-corrected chi connectivity index (χ4v) is 12.3. The van der Waals surface area contributed by atoms with Crippen LogP contribution in [0.5, 0.6) is 28.7 Å². The number of hydrogen-bond acceptors (Lipinski definition) is 6. The topological polar surface area (TPSA) is 49.4 Å². The fraction of sp³-hybridized carbons (Fsp3) is 0.500. The predicted octanol–water partition coefficient (Wildman–Crippen LogP) is 8.62. The van der Waals surface area contributed by atoms with Crippen molar-refractivity contribution in [2.75, 3.05) is 34.9 Å². The predicted molar refractivity (Wildman–Crippen MR) is 178 cm³/mol. The molecule has 3 aromatic carbocycles. The molecule has 0 spiro atoms. The average Bonchev–Trinajstić information content (AvgIpc) is 2.99. The summed E-state index contributed by atoms with van der Waals surface area (Å²) in [6, 6.07) is 19.0. The van der Waals surface area contributed by atoms with Crippen LogP contribution in [-0.2, 0) is 19.4 Å². The molecule has 0 fully saturated rings. The van der Waals surface area contributed by atoms with E-state index >= 15 is 0 Å². The molecule has 0 aliphatic carbocycles. The molecule has 1 aliphatic rings. The van der Waals surface area contributed by atoms with Gasteiger partial charge in [-0.1, -0.05) is 71.9 Å². The summed E-state index contributed by atoms with van der Waals surface area (Å²) in [6.45, 7) is 15.3. The Hall–Kier alpha value is -3.16. The van der Waals surface area contributed by atoms with E-state index < -0.39 is 8.32 Å². The highest BCUT2D eigenvalue weighted by Gasteiger charge is 2.47. The van der Waals surface area contributed by atoms with Gasteiger partial charge in [-0.05, 0) is 83.0 Å². The minimum atomic E-state index is -2.27. The Labute approximate surface area is 260 Å². The molecule has 43 heavy (non-hydrogen) atoms. The second-order valence-electron chi connectivity index (χ2n) is 12.7. The average molecular weight is 606 g/mol. The first-order chi connectivity index (χ1) is 20.5. The van der Waals surface area contributed by atoms with Crippen LogP contribution in [0.15, 0.2) is 54.6 Å². The van der Waals surface area contributed by atoms with E-state index in [2.05, 4.69) is 89.9 Å². The lowest BCUT2D eigenvalue weighted by molar-refractivity contribution is 0.227. The van der Waals surface area contributed by atoms with Crippen molar-refractivity contribution in [3.05, 3.63) is 76.9 Å². The van der Waals surface area contributed by atoms with Crippen molar-refractivity contribution in [2.45, 2.75) is 83.7 Å². The zero-order valence-corrected chi connectivity index (χ0v) is 28.8. The van der Waals surface area contributed by atoms with Crippen molar-refractivity contribution in [3.63, 3.8) is 0 Å². The first-order valence-electron chi connectivity index (χ1n) is 15.6. The summed E-state index contributed by atoms with van der Waals surface area (Å²) in [6.07, 6.45) is 1.76. The molecule has 7 heteroatoms. The lowest BCUT2D eigenvalue weighted by Crippen LogP contribution is -2.50. The van der Waals surface area contributed by atoms with Crippen LogP contribution in [-0.4, -0.2) is 48.1 Å². The van der Waals surface area contributed by atoms with Gasteiger partial charge in [-0.3, -0.25) is 4.90 Å². The van der Waals surface area contributed by atoms with Crippen LogP contribution in [0.4, 0.5) is 0 Å². The van der Waals surface area contributed by atoms with Crippen molar-refractivity contribution in [3.8, 4) is 28.7 Å². The quantitative estimate of drug-likeness (QED) is 0.182. The van der Waals surface area contributed by atoms with Crippen molar-refractivity contribution < 1.29 is 23.4 Å². The number of benzene rings is 3. The summed E-state index contributed by atoms with van der Waals surface area (Å²) in [5.74, 6) is 3.70. The monoisotopic (exact) mass is 605 g/mol. The minimum Gasteiger partial charge on any atom is -0.540 e. The molecule has 6 nitrogen and oxygen atoms in total. The molecule has 0 unspecified atom stereocenters. The second kappa shape index (κ2) is 14.1. The van der Waals surface area contributed by atoms with E-state index in [9.17, 15) is 0 Å². The van der Waals surface area contributed by atoms with Crippen LogP contribution in [0.3, 0.4) is 0 Å². The third kappa shape index (κ3) is 6.83. The molecule has 234 valence electrons. The highest BCUT2D eigenvalue weighted by molar-refractivity contribution is 6.78. The highest BCUT2D eigenvalue weighted by atomic mass is 28.4. The molecule has 0 N–H and O–H groups in total. The Balaban J connectivity index is 1.81. The normalized spacial score (nSPS) is 15.5. The molecule has 0 radical (unpaired) electrons. The third-order valence-electron chi connectivity index (χ3n) is 9.22. The van der Waals surface area contributed by atoms with E-state index in [1.54, 1.807) is 21.3 Å². The number of hydrogen-bond donors (Lipinski definition) is 0. The Morgan fingerprint density at radius 1 is 0.744 bits per heavy atom. The summed E-state index contributed by atoms with van der Waals surface area (Å²) in [4.78, 5) is 2.43. The van der Waals surface area contributed by atoms with E-state index in [1.807, 2.05) is 18.2 Å². The van der Waals surface area contributed by atoms with Crippen LogP contribution in [0, 0.1) is 0 Å². The van der Waals surface area contributed by atoms with E-state index in [1.165, 1.54) is 11.1 Å². The molecular formula is C36H51NO5Si. The molecule has 0 amide bonds. The molecule has 3 aromatic rings. The van der Waals surface area contributed by atoms with Gasteiger partial charge < -0.3 is 23.4 Å². The van der Waals surface area contributed by atoms with Crippen LogP contribution >= 0.6 is 0 Å². The van der Waals surface area contributed by atoms with Crippen LogP contribution < -0.4 is 23.4 Å².